The lowest BCUT2D eigenvalue weighted by molar-refractivity contribution is -0.141. The van der Waals surface area contributed by atoms with Crippen LogP contribution in [0.2, 0.25) is 5.02 Å². The van der Waals surface area contributed by atoms with Crippen molar-refractivity contribution in [2.75, 3.05) is 6.61 Å². The maximum atomic E-state index is 12.9. The van der Waals surface area contributed by atoms with Gasteiger partial charge in [0.15, 0.2) is 0 Å². The predicted octanol–water partition coefficient (Wildman–Crippen LogP) is 4.44. The number of halogens is 1. The van der Waals surface area contributed by atoms with Gasteiger partial charge in [-0.25, -0.2) is 0 Å². The van der Waals surface area contributed by atoms with Crippen molar-refractivity contribution >= 4 is 23.4 Å². The van der Waals surface area contributed by atoms with Crippen molar-refractivity contribution in [1.29, 1.82) is 0 Å². The molecule has 0 spiro atoms. The molecule has 2 amide bonds. The second-order valence-electron chi connectivity index (χ2n) is 7.25. The summed E-state index contributed by atoms with van der Waals surface area (Å²) >= 11 is 5.86. The zero-order valence-corrected chi connectivity index (χ0v) is 18.0. The smallest absolute Gasteiger partial charge is 0.242 e. The number of rotatable bonds is 10. The molecule has 0 fully saturated rings. The van der Waals surface area contributed by atoms with Crippen LogP contribution in [-0.2, 0) is 16.1 Å². The molecule has 0 radical (unpaired) electrons. The Balaban J connectivity index is 1.95. The van der Waals surface area contributed by atoms with Gasteiger partial charge in [-0.05, 0) is 57.0 Å². The number of hydrogen-bond donors (Lipinski definition) is 1. The highest BCUT2D eigenvalue weighted by Crippen LogP contribution is 2.16. The Kier molecular flexibility index (Phi) is 9.00. The molecule has 0 aliphatic carbocycles. The summed E-state index contributed by atoms with van der Waals surface area (Å²) in [6.07, 6.45) is 0.866. The number of carbonyl (C=O) groups excluding carboxylic acids is 2. The van der Waals surface area contributed by atoms with Gasteiger partial charge < -0.3 is 15.0 Å². The molecule has 2 rings (SSSR count). The van der Waals surface area contributed by atoms with E-state index in [1.807, 2.05) is 44.2 Å². The lowest BCUT2D eigenvalue weighted by Gasteiger charge is -2.29. The number of amides is 2. The van der Waals surface area contributed by atoms with E-state index < -0.39 is 6.04 Å². The van der Waals surface area contributed by atoms with Crippen molar-refractivity contribution in [2.24, 2.45) is 0 Å². The molecule has 2 aromatic rings. The van der Waals surface area contributed by atoms with Gasteiger partial charge in [-0.1, -0.05) is 41.9 Å². The maximum absolute atomic E-state index is 12.9. The molecular formula is C23H29ClN2O3. The molecule has 0 bridgehead atoms. The van der Waals surface area contributed by atoms with Gasteiger partial charge in [0.1, 0.15) is 11.8 Å². The lowest BCUT2D eigenvalue weighted by atomic mass is 10.1. The summed E-state index contributed by atoms with van der Waals surface area (Å²) < 4.78 is 5.66. The first kappa shape index (κ1) is 22.8. The quantitative estimate of drug-likeness (QED) is 0.582. The first-order valence-electron chi connectivity index (χ1n) is 9.89. The third-order valence-corrected chi connectivity index (χ3v) is 4.66. The molecule has 6 heteroatoms. The number of nitrogens with one attached hydrogen (secondary N) is 1. The standard InChI is InChI=1S/C23H29ClN2O3/c1-17(2)25-23(28)18(3)26(16-19-8-5-4-6-9-19)22(27)10-7-15-29-21-13-11-20(24)12-14-21/h4-6,8-9,11-14,17-18H,7,10,15-16H2,1-3H3,(H,25,28)/t18-/m0/s1. The number of carbonyl (C=O) groups is 2. The second kappa shape index (κ2) is 11.5. The molecule has 2 aromatic carbocycles. The summed E-state index contributed by atoms with van der Waals surface area (Å²) in [6.45, 7) is 6.39. The molecule has 0 aliphatic heterocycles. The first-order valence-corrected chi connectivity index (χ1v) is 10.3. The third kappa shape index (κ3) is 7.78. The normalized spacial score (nSPS) is 11.8. The van der Waals surface area contributed by atoms with Gasteiger partial charge in [-0.2, -0.15) is 0 Å². The second-order valence-corrected chi connectivity index (χ2v) is 7.69. The summed E-state index contributed by atoms with van der Waals surface area (Å²) in [6, 6.07) is 16.3. The van der Waals surface area contributed by atoms with Crippen LogP contribution in [0.1, 0.15) is 39.2 Å². The van der Waals surface area contributed by atoms with Crippen LogP contribution in [0.15, 0.2) is 54.6 Å². The highest BCUT2D eigenvalue weighted by Gasteiger charge is 2.26. The SMILES string of the molecule is CC(C)NC(=O)[C@H](C)N(Cc1ccccc1)C(=O)CCCOc1ccc(Cl)cc1. The van der Waals surface area contributed by atoms with Crippen LogP contribution in [0.5, 0.6) is 5.75 Å². The molecule has 156 valence electrons. The van der Waals surface area contributed by atoms with Crippen LogP contribution < -0.4 is 10.1 Å². The van der Waals surface area contributed by atoms with Crippen molar-refractivity contribution < 1.29 is 14.3 Å². The minimum Gasteiger partial charge on any atom is -0.494 e. The monoisotopic (exact) mass is 416 g/mol. The van der Waals surface area contributed by atoms with Gasteiger partial charge in [0.25, 0.3) is 0 Å². The van der Waals surface area contributed by atoms with E-state index in [4.69, 9.17) is 16.3 Å². The van der Waals surface area contributed by atoms with E-state index in [-0.39, 0.29) is 17.9 Å². The Hall–Kier alpha value is -2.53. The highest BCUT2D eigenvalue weighted by molar-refractivity contribution is 6.30. The van der Waals surface area contributed by atoms with Crippen LogP contribution >= 0.6 is 11.6 Å². The van der Waals surface area contributed by atoms with Gasteiger partial charge >= 0.3 is 0 Å². The van der Waals surface area contributed by atoms with Crippen LogP contribution in [0.25, 0.3) is 0 Å². The Morgan fingerprint density at radius 1 is 1.03 bits per heavy atom. The molecule has 0 aromatic heterocycles. The van der Waals surface area contributed by atoms with Crippen LogP contribution in [0, 0.1) is 0 Å². The zero-order valence-electron chi connectivity index (χ0n) is 17.2. The molecule has 1 atom stereocenters. The Labute approximate surface area is 178 Å². The molecule has 5 nitrogen and oxygen atoms in total. The fraction of sp³-hybridized carbons (Fsp3) is 0.391. The minimum absolute atomic E-state index is 0.0198. The van der Waals surface area contributed by atoms with E-state index in [1.165, 1.54) is 0 Å². The molecule has 1 N–H and O–H groups in total. The summed E-state index contributed by atoms with van der Waals surface area (Å²) in [5.74, 6) is 0.495. The first-order chi connectivity index (χ1) is 13.9. The van der Waals surface area contributed by atoms with Gasteiger partial charge in [-0.15, -0.1) is 0 Å². The van der Waals surface area contributed by atoms with Crippen molar-refractivity contribution in [3.8, 4) is 5.75 Å². The summed E-state index contributed by atoms with van der Waals surface area (Å²) in [7, 11) is 0. The van der Waals surface area contributed by atoms with Gasteiger partial charge in [0, 0.05) is 24.0 Å². The Morgan fingerprint density at radius 3 is 2.31 bits per heavy atom. The number of nitrogens with zero attached hydrogens (tertiary/aromatic N) is 1. The largest absolute Gasteiger partial charge is 0.494 e. The van der Waals surface area contributed by atoms with E-state index in [1.54, 1.807) is 36.1 Å². The van der Waals surface area contributed by atoms with Crippen LogP contribution in [-0.4, -0.2) is 35.4 Å². The molecule has 29 heavy (non-hydrogen) atoms. The fourth-order valence-corrected chi connectivity index (χ4v) is 2.98. The lowest BCUT2D eigenvalue weighted by Crippen LogP contribution is -2.49. The van der Waals surface area contributed by atoms with Crippen molar-refractivity contribution in [3.05, 3.63) is 65.2 Å². The molecule has 0 aliphatic rings. The Bertz CT molecular complexity index is 778. The average molecular weight is 417 g/mol. The summed E-state index contributed by atoms with van der Waals surface area (Å²) in [4.78, 5) is 27.0. The minimum atomic E-state index is -0.553. The zero-order chi connectivity index (χ0) is 21.2. The van der Waals surface area contributed by atoms with E-state index in [9.17, 15) is 9.59 Å². The van der Waals surface area contributed by atoms with Crippen molar-refractivity contribution in [2.45, 2.75) is 52.2 Å². The predicted molar refractivity (Wildman–Crippen MR) is 116 cm³/mol. The van der Waals surface area contributed by atoms with E-state index in [0.717, 1.165) is 5.56 Å². The van der Waals surface area contributed by atoms with Gasteiger partial charge in [-0.3, -0.25) is 9.59 Å². The number of benzene rings is 2. The summed E-state index contributed by atoms with van der Waals surface area (Å²) in [5, 5.41) is 3.54. The van der Waals surface area contributed by atoms with E-state index in [0.29, 0.717) is 36.8 Å². The molecule has 0 saturated heterocycles. The van der Waals surface area contributed by atoms with Crippen LogP contribution in [0.4, 0.5) is 0 Å². The van der Waals surface area contributed by atoms with Gasteiger partial charge in [0.2, 0.25) is 11.8 Å². The Morgan fingerprint density at radius 2 is 1.69 bits per heavy atom. The third-order valence-electron chi connectivity index (χ3n) is 4.41. The highest BCUT2D eigenvalue weighted by atomic mass is 35.5. The molecule has 0 heterocycles. The topological polar surface area (TPSA) is 58.6 Å². The van der Waals surface area contributed by atoms with Crippen LogP contribution in [0.3, 0.4) is 0 Å². The fourth-order valence-electron chi connectivity index (χ4n) is 2.86. The number of ether oxygens (including phenoxy) is 1. The van der Waals surface area contributed by atoms with Crippen molar-refractivity contribution in [3.63, 3.8) is 0 Å². The van der Waals surface area contributed by atoms with E-state index in [2.05, 4.69) is 5.32 Å². The van der Waals surface area contributed by atoms with E-state index >= 15 is 0 Å². The number of hydrogen-bond acceptors (Lipinski definition) is 3. The average Bonchev–Trinajstić information content (AvgIpc) is 2.70. The maximum Gasteiger partial charge on any atom is 0.242 e. The van der Waals surface area contributed by atoms with Crippen molar-refractivity contribution in [1.82, 2.24) is 10.2 Å². The van der Waals surface area contributed by atoms with Gasteiger partial charge in [0.05, 0.1) is 6.61 Å². The molecule has 0 saturated carbocycles. The summed E-state index contributed by atoms with van der Waals surface area (Å²) in [5.41, 5.74) is 0.988. The molecular weight excluding hydrogens is 388 g/mol. The molecule has 0 unspecified atom stereocenters.